The number of aromatic nitrogens is 3. The van der Waals surface area contributed by atoms with E-state index in [2.05, 4.69) is 15.4 Å². The first-order valence-electron chi connectivity index (χ1n) is 9.25. The Morgan fingerprint density at radius 1 is 1.32 bits per heavy atom. The maximum Gasteiger partial charge on any atom is 0.338 e. The van der Waals surface area contributed by atoms with Crippen molar-refractivity contribution in [2.24, 2.45) is 0 Å². The zero-order valence-electron chi connectivity index (χ0n) is 16.8. The van der Waals surface area contributed by atoms with Crippen molar-refractivity contribution in [1.29, 1.82) is 0 Å². The summed E-state index contributed by atoms with van der Waals surface area (Å²) in [6.07, 6.45) is 0.214. The average molecular weight is 432 g/mol. The van der Waals surface area contributed by atoms with Crippen LogP contribution in [0.4, 0.5) is 14.7 Å². The molecule has 3 heterocycles. The number of ether oxygens (including phenoxy) is 3. The van der Waals surface area contributed by atoms with E-state index in [-0.39, 0.29) is 23.7 Å². The molecule has 31 heavy (non-hydrogen) atoms. The third-order valence-corrected chi connectivity index (χ3v) is 4.51. The van der Waals surface area contributed by atoms with Gasteiger partial charge in [0.05, 0.1) is 13.5 Å². The maximum atomic E-state index is 14.0. The van der Waals surface area contributed by atoms with E-state index in [4.69, 9.17) is 14.2 Å². The summed E-state index contributed by atoms with van der Waals surface area (Å²) in [4.78, 5) is 28.2. The van der Waals surface area contributed by atoms with Gasteiger partial charge in [-0.05, 0) is 18.2 Å². The second-order valence-corrected chi connectivity index (χ2v) is 7.30. The number of rotatable bonds is 5. The largest absolute Gasteiger partial charge is 0.493 e. The van der Waals surface area contributed by atoms with Gasteiger partial charge in [0.1, 0.15) is 5.82 Å². The first-order valence-corrected chi connectivity index (χ1v) is 9.25. The van der Waals surface area contributed by atoms with E-state index in [1.165, 1.54) is 17.8 Å². The molecule has 0 unspecified atom stereocenters. The van der Waals surface area contributed by atoms with Crippen molar-refractivity contribution >= 4 is 23.5 Å². The van der Waals surface area contributed by atoms with Gasteiger partial charge in [-0.15, -0.1) is 5.10 Å². The van der Waals surface area contributed by atoms with E-state index in [0.717, 1.165) is 12.1 Å². The molecule has 0 spiro atoms. The fourth-order valence-corrected chi connectivity index (χ4v) is 3.27. The molecule has 1 aliphatic heterocycles. The summed E-state index contributed by atoms with van der Waals surface area (Å²) >= 11 is 0. The Labute approximate surface area is 174 Å². The lowest BCUT2D eigenvalue weighted by molar-refractivity contribution is -0.160. The molecular weight excluding hydrogens is 414 g/mol. The molecule has 1 N–H and O–H groups in total. The summed E-state index contributed by atoms with van der Waals surface area (Å²) in [5, 5.41) is 6.64. The van der Waals surface area contributed by atoms with Crippen LogP contribution in [0.25, 0.3) is 16.8 Å². The summed E-state index contributed by atoms with van der Waals surface area (Å²) in [5.74, 6) is -3.95. The average Bonchev–Trinajstić information content (AvgIpc) is 3.18. The monoisotopic (exact) mass is 432 g/mol. The van der Waals surface area contributed by atoms with Crippen molar-refractivity contribution in [2.45, 2.75) is 32.2 Å². The van der Waals surface area contributed by atoms with Crippen molar-refractivity contribution in [3.8, 4) is 16.9 Å². The zero-order chi connectivity index (χ0) is 22.3. The molecule has 1 atom stereocenters. The molecule has 0 bridgehead atoms. The van der Waals surface area contributed by atoms with Crippen LogP contribution in [0, 0.1) is 11.6 Å². The lowest BCUT2D eigenvalue weighted by Crippen LogP contribution is -2.26. The van der Waals surface area contributed by atoms with Crippen LogP contribution in [-0.4, -0.2) is 45.5 Å². The zero-order valence-corrected chi connectivity index (χ0v) is 16.8. The number of cyclic esters (lactones) is 1. The van der Waals surface area contributed by atoms with Crippen LogP contribution in [0.15, 0.2) is 30.5 Å². The predicted molar refractivity (Wildman–Crippen MR) is 103 cm³/mol. The highest BCUT2D eigenvalue weighted by molar-refractivity contribution is 5.93. The van der Waals surface area contributed by atoms with Crippen LogP contribution < -0.4 is 10.1 Å². The summed E-state index contributed by atoms with van der Waals surface area (Å²) in [6.45, 7) is 3.15. The van der Waals surface area contributed by atoms with E-state index in [0.29, 0.717) is 11.2 Å². The summed E-state index contributed by atoms with van der Waals surface area (Å²) in [7, 11) is 1.28. The molecule has 0 saturated carbocycles. The molecule has 162 valence electrons. The second-order valence-electron chi connectivity index (χ2n) is 7.30. The Kier molecular flexibility index (Phi) is 5.05. The fourth-order valence-electron chi connectivity index (χ4n) is 3.27. The van der Waals surface area contributed by atoms with Gasteiger partial charge in [0.2, 0.25) is 17.6 Å². The number of carbonyl (C=O) groups excluding carboxylic acids is 2. The summed E-state index contributed by atoms with van der Waals surface area (Å²) < 4.78 is 44.5. The highest BCUT2D eigenvalue weighted by atomic mass is 19.1. The van der Waals surface area contributed by atoms with Crippen molar-refractivity contribution in [3.63, 3.8) is 0 Å². The number of hydrogen-bond acceptors (Lipinski definition) is 7. The first kappa shape index (κ1) is 20.7. The molecular formula is C20H18F2N4O5. The molecule has 0 aliphatic carbocycles. The van der Waals surface area contributed by atoms with Gasteiger partial charge in [0.15, 0.2) is 23.3 Å². The minimum Gasteiger partial charge on any atom is -0.493 e. The maximum absolute atomic E-state index is 14.0. The third kappa shape index (κ3) is 4.17. The highest BCUT2D eigenvalue weighted by Gasteiger charge is 2.42. The van der Waals surface area contributed by atoms with Gasteiger partial charge in [-0.3, -0.25) is 10.1 Å². The van der Waals surface area contributed by atoms with Crippen LogP contribution in [0.2, 0.25) is 0 Å². The minimum atomic E-state index is -1.09. The number of hydrogen-bond donors (Lipinski definition) is 1. The summed E-state index contributed by atoms with van der Waals surface area (Å²) in [6, 6.07) is 5.04. The molecule has 2 aromatic heterocycles. The SMILES string of the molecule is COc1c(F)cc(F)cc1-c1ccc2nc(NC(=O)C[C@H]3OC(C)(C)OC3=O)nn2c1. The van der Waals surface area contributed by atoms with Crippen molar-refractivity contribution < 1.29 is 32.6 Å². The number of carbonyl (C=O) groups is 2. The fraction of sp³-hybridized carbons (Fsp3) is 0.300. The van der Waals surface area contributed by atoms with E-state index in [1.54, 1.807) is 26.0 Å². The highest BCUT2D eigenvalue weighted by Crippen LogP contribution is 2.33. The molecule has 1 aromatic carbocycles. The van der Waals surface area contributed by atoms with E-state index >= 15 is 0 Å². The van der Waals surface area contributed by atoms with Crippen LogP contribution in [0.5, 0.6) is 5.75 Å². The Morgan fingerprint density at radius 2 is 2.10 bits per heavy atom. The Balaban J connectivity index is 1.55. The second kappa shape index (κ2) is 7.58. The molecule has 3 aromatic rings. The number of pyridine rings is 1. The van der Waals surface area contributed by atoms with Crippen molar-refractivity contribution in [1.82, 2.24) is 14.6 Å². The number of halogens is 2. The normalized spacial score (nSPS) is 17.6. The molecule has 1 saturated heterocycles. The summed E-state index contributed by atoms with van der Waals surface area (Å²) in [5.41, 5.74) is 1.00. The van der Waals surface area contributed by atoms with Gasteiger partial charge < -0.3 is 14.2 Å². The van der Waals surface area contributed by atoms with Gasteiger partial charge >= 0.3 is 5.97 Å². The van der Waals surface area contributed by atoms with Gasteiger partial charge in [-0.2, -0.15) is 4.98 Å². The smallest absolute Gasteiger partial charge is 0.338 e. The lowest BCUT2D eigenvalue weighted by atomic mass is 10.1. The number of anilines is 1. The molecule has 0 radical (unpaired) electrons. The van der Waals surface area contributed by atoms with Crippen molar-refractivity contribution in [3.05, 3.63) is 42.1 Å². The van der Waals surface area contributed by atoms with E-state index < -0.39 is 35.4 Å². The number of fused-ring (bicyclic) bond motifs is 1. The molecule has 4 rings (SSSR count). The van der Waals surface area contributed by atoms with Gasteiger partial charge in [-0.1, -0.05) is 0 Å². The molecule has 9 nitrogen and oxygen atoms in total. The van der Waals surface area contributed by atoms with Gasteiger partial charge in [0, 0.05) is 37.2 Å². The van der Waals surface area contributed by atoms with Crippen LogP contribution in [0.1, 0.15) is 20.3 Å². The quantitative estimate of drug-likeness (QED) is 0.618. The standard InChI is InChI=1S/C20H18F2N4O5/c1-20(2)30-14(18(28)31-20)8-16(27)24-19-23-15-5-4-10(9-26(15)25-19)12-6-11(21)7-13(22)17(12)29-3/h4-7,9,14H,8H2,1-3H3,(H,24,25,27)/t14-/m1/s1. The Morgan fingerprint density at radius 3 is 2.77 bits per heavy atom. The van der Waals surface area contributed by atoms with E-state index in [9.17, 15) is 18.4 Å². The first-order chi connectivity index (χ1) is 14.6. The van der Waals surface area contributed by atoms with Gasteiger partial charge in [-0.25, -0.2) is 18.1 Å². The van der Waals surface area contributed by atoms with Crippen molar-refractivity contribution in [2.75, 3.05) is 12.4 Å². The van der Waals surface area contributed by atoms with Crippen LogP contribution in [-0.2, 0) is 19.1 Å². The van der Waals surface area contributed by atoms with E-state index in [1.807, 2.05) is 0 Å². The molecule has 11 heteroatoms. The number of nitrogens with one attached hydrogen (secondary N) is 1. The Bertz CT molecular complexity index is 1190. The number of amides is 1. The van der Waals surface area contributed by atoms with Crippen LogP contribution >= 0.6 is 0 Å². The Hall–Kier alpha value is -3.60. The number of nitrogens with zero attached hydrogens (tertiary/aromatic N) is 3. The number of methoxy groups -OCH3 is 1. The number of esters is 1. The topological polar surface area (TPSA) is 104 Å². The van der Waals surface area contributed by atoms with Gasteiger partial charge in [0.25, 0.3) is 0 Å². The minimum absolute atomic E-state index is 0.00911. The van der Waals surface area contributed by atoms with Crippen LogP contribution in [0.3, 0.4) is 0 Å². The third-order valence-electron chi connectivity index (χ3n) is 4.51. The molecule has 1 aliphatic rings. The predicted octanol–water partition coefficient (Wildman–Crippen LogP) is 2.69. The molecule has 1 fully saturated rings. The number of benzene rings is 1. The lowest BCUT2D eigenvalue weighted by Gasteiger charge is -2.14. The molecule has 1 amide bonds.